The predicted molar refractivity (Wildman–Crippen MR) is 84.4 cm³/mol. The van der Waals surface area contributed by atoms with Crippen molar-refractivity contribution in [2.75, 3.05) is 13.7 Å². The van der Waals surface area contributed by atoms with Crippen molar-refractivity contribution in [3.63, 3.8) is 0 Å². The van der Waals surface area contributed by atoms with E-state index in [2.05, 4.69) is 31.2 Å². The average Bonchev–Trinajstić information content (AvgIpc) is 2.58. The van der Waals surface area contributed by atoms with Crippen molar-refractivity contribution in [1.29, 1.82) is 0 Å². The molecule has 116 valence electrons. The van der Waals surface area contributed by atoms with E-state index in [1.165, 1.54) is 0 Å². The SMILES string of the molecule is CCOC(C(Cc1c(C)nn(C)c1Cl)NC)C(C)(C)C. The fourth-order valence-corrected chi connectivity index (χ4v) is 2.89. The molecule has 1 N–H and O–H groups in total. The Morgan fingerprint density at radius 2 is 2.00 bits per heavy atom. The van der Waals surface area contributed by atoms with E-state index < -0.39 is 0 Å². The fourth-order valence-electron chi connectivity index (χ4n) is 2.64. The maximum Gasteiger partial charge on any atom is 0.130 e. The number of hydrogen-bond acceptors (Lipinski definition) is 3. The van der Waals surface area contributed by atoms with Gasteiger partial charge >= 0.3 is 0 Å². The van der Waals surface area contributed by atoms with Gasteiger partial charge in [-0.15, -0.1) is 0 Å². The Labute approximate surface area is 127 Å². The maximum atomic E-state index is 6.34. The number of aryl methyl sites for hydroxylation is 2. The summed E-state index contributed by atoms with van der Waals surface area (Å²) in [6.45, 7) is 11.4. The highest BCUT2D eigenvalue weighted by atomic mass is 35.5. The lowest BCUT2D eigenvalue weighted by Crippen LogP contribution is -2.48. The van der Waals surface area contributed by atoms with Crippen LogP contribution >= 0.6 is 11.6 Å². The summed E-state index contributed by atoms with van der Waals surface area (Å²) in [5.41, 5.74) is 2.15. The van der Waals surface area contributed by atoms with Crippen LogP contribution in [0.4, 0.5) is 0 Å². The average molecular weight is 302 g/mol. The third-order valence-corrected chi connectivity index (χ3v) is 4.10. The number of halogens is 1. The number of likely N-dealkylation sites (N-methyl/N-ethyl adjacent to an activating group) is 1. The molecule has 0 aliphatic heterocycles. The topological polar surface area (TPSA) is 39.1 Å². The minimum absolute atomic E-state index is 0.0618. The summed E-state index contributed by atoms with van der Waals surface area (Å²) in [7, 11) is 3.85. The minimum atomic E-state index is 0.0618. The molecule has 0 fully saturated rings. The van der Waals surface area contributed by atoms with Crippen molar-refractivity contribution < 1.29 is 4.74 Å². The summed E-state index contributed by atoms with van der Waals surface area (Å²) < 4.78 is 7.71. The van der Waals surface area contributed by atoms with E-state index >= 15 is 0 Å². The summed E-state index contributed by atoms with van der Waals surface area (Å²) in [5, 5.41) is 8.48. The first-order valence-corrected chi connectivity index (χ1v) is 7.57. The molecule has 1 aromatic heterocycles. The first-order chi connectivity index (χ1) is 9.22. The number of aromatic nitrogens is 2. The molecule has 0 aliphatic rings. The number of ether oxygens (including phenoxy) is 1. The second-order valence-corrected chi connectivity index (χ2v) is 6.68. The molecule has 5 heteroatoms. The van der Waals surface area contributed by atoms with Gasteiger partial charge in [0.2, 0.25) is 0 Å². The van der Waals surface area contributed by atoms with Gasteiger partial charge in [-0.05, 0) is 32.7 Å². The molecule has 0 bridgehead atoms. The lowest BCUT2D eigenvalue weighted by atomic mass is 9.82. The first kappa shape index (κ1) is 17.5. The van der Waals surface area contributed by atoms with Gasteiger partial charge in [-0.25, -0.2) is 0 Å². The Balaban J connectivity index is 3.00. The van der Waals surface area contributed by atoms with Gasteiger partial charge in [-0.1, -0.05) is 32.4 Å². The van der Waals surface area contributed by atoms with Crippen molar-refractivity contribution in [2.45, 2.75) is 53.2 Å². The van der Waals surface area contributed by atoms with Gasteiger partial charge in [0.05, 0.1) is 11.8 Å². The van der Waals surface area contributed by atoms with Crippen LogP contribution in [0.15, 0.2) is 0 Å². The van der Waals surface area contributed by atoms with Gasteiger partial charge < -0.3 is 10.1 Å². The third-order valence-electron chi connectivity index (χ3n) is 3.63. The molecule has 0 radical (unpaired) electrons. The summed E-state index contributed by atoms with van der Waals surface area (Å²) in [6.07, 6.45) is 0.935. The van der Waals surface area contributed by atoms with E-state index in [-0.39, 0.29) is 17.6 Å². The van der Waals surface area contributed by atoms with Crippen LogP contribution in [0.1, 0.15) is 39.0 Å². The van der Waals surface area contributed by atoms with Crippen molar-refractivity contribution >= 4 is 11.6 Å². The van der Waals surface area contributed by atoms with Crippen LogP contribution in [0.3, 0.4) is 0 Å². The van der Waals surface area contributed by atoms with Crippen LogP contribution in [0.5, 0.6) is 0 Å². The van der Waals surface area contributed by atoms with Gasteiger partial charge in [0.15, 0.2) is 0 Å². The van der Waals surface area contributed by atoms with E-state index in [1.807, 2.05) is 27.9 Å². The molecule has 0 aromatic carbocycles. The summed E-state index contributed by atoms with van der Waals surface area (Å²) in [6, 6.07) is 0.204. The van der Waals surface area contributed by atoms with Crippen LogP contribution in [-0.2, 0) is 18.2 Å². The van der Waals surface area contributed by atoms with Gasteiger partial charge in [0, 0.05) is 25.3 Å². The number of rotatable bonds is 6. The standard InChI is InChI=1S/C15H28ClN3O/c1-8-20-13(15(3,4)5)12(17-6)9-11-10(2)18-19(7)14(11)16/h12-13,17H,8-9H2,1-7H3. The Hall–Kier alpha value is -0.580. The quantitative estimate of drug-likeness (QED) is 0.878. The van der Waals surface area contributed by atoms with Crippen molar-refractivity contribution in [2.24, 2.45) is 12.5 Å². The van der Waals surface area contributed by atoms with E-state index in [9.17, 15) is 0 Å². The zero-order valence-electron chi connectivity index (χ0n) is 13.7. The van der Waals surface area contributed by atoms with E-state index in [0.717, 1.165) is 17.7 Å². The first-order valence-electron chi connectivity index (χ1n) is 7.19. The minimum Gasteiger partial charge on any atom is -0.376 e. The number of hydrogen-bond donors (Lipinski definition) is 1. The Morgan fingerprint density at radius 3 is 2.35 bits per heavy atom. The van der Waals surface area contributed by atoms with Crippen molar-refractivity contribution in [3.05, 3.63) is 16.4 Å². The molecular weight excluding hydrogens is 274 g/mol. The molecule has 1 rings (SSSR count). The highest BCUT2D eigenvalue weighted by molar-refractivity contribution is 6.30. The molecule has 0 spiro atoms. The van der Waals surface area contributed by atoms with E-state index in [0.29, 0.717) is 11.8 Å². The van der Waals surface area contributed by atoms with Crippen LogP contribution < -0.4 is 5.32 Å². The molecule has 0 saturated heterocycles. The normalized spacial score (nSPS) is 15.4. The summed E-state index contributed by atoms with van der Waals surface area (Å²) >= 11 is 6.34. The van der Waals surface area contributed by atoms with Crippen LogP contribution in [0, 0.1) is 12.3 Å². The molecule has 0 aliphatic carbocycles. The number of nitrogens with zero attached hydrogens (tertiary/aromatic N) is 2. The van der Waals surface area contributed by atoms with Crippen molar-refractivity contribution in [1.82, 2.24) is 15.1 Å². The predicted octanol–water partition coefficient (Wildman–Crippen LogP) is 2.96. The molecule has 2 unspecified atom stereocenters. The highest BCUT2D eigenvalue weighted by Crippen LogP contribution is 2.29. The van der Waals surface area contributed by atoms with Gasteiger partial charge in [0.1, 0.15) is 5.15 Å². The number of nitrogens with one attached hydrogen (secondary N) is 1. The zero-order chi connectivity index (χ0) is 15.5. The zero-order valence-corrected chi connectivity index (χ0v) is 14.5. The van der Waals surface area contributed by atoms with Crippen LogP contribution in [0.2, 0.25) is 5.15 Å². The third kappa shape index (κ3) is 3.96. The van der Waals surface area contributed by atoms with E-state index in [4.69, 9.17) is 16.3 Å². The monoisotopic (exact) mass is 301 g/mol. The Morgan fingerprint density at radius 1 is 1.40 bits per heavy atom. The highest BCUT2D eigenvalue weighted by Gasteiger charge is 2.33. The second kappa shape index (κ2) is 6.92. The summed E-state index contributed by atoms with van der Waals surface area (Å²) in [5.74, 6) is 0. The molecular formula is C15H28ClN3O. The Kier molecular flexibility index (Phi) is 6.05. The van der Waals surface area contributed by atoms with Gasteiger partial charge in [-0.3, -0.25) is 4.68 Å². The lowest BCUT2D eigenvalue weighted by molar-refractivity contribution is -0.0340. The molecule has 0 amide bonds. The molecule has 0 saturated carbocycles. The van der Waals surface area contributed by atoms with Crippen LogP contribution in [-0.4, -0.2) is 35.6 Å². The lowest BCUT2D eigenvalue weighted by Gasteiger charge is -2.36. The Bertz CT molecular complexity index is 437. The molecule has 4 nitrogen and oxygen atoms in total. The van der Waals surface area contributed by atoms with Crippen LogP contribution in [0.25, 0.3) is 0 Å². The fraction of sp³-hybridized carbons (Fsp3) is 0.800. The van der Waals surface area contributed by atoms with E-state index in [1.54, 1.807) is 4.68 Å². The van der Waals surface area contributed by atoms with Crippen molar-refractivity contribution in [3.8, 4) is 0 Å². The molecule has 2 atom stereocenters. The molecule has 20 heavy (non-hydrogen) atoms. The van der Waals surface area contributed by atoms with Gasteiger partial charge in [-0.2, -0.15) is 5.10 Å². The maximum absolute atomic E-state index is 6.34. The largest absolute Gasteiger partial charge is 0.376 e. The summed E-state index contributed by atoms with van der Waals surface area (Å²) in [4.78, 5) is 0. The smallest absolute Gasteiger partial charge is 0.130 e. The second-order valence-electron chi connectivity index (χ2n) is 6.32. The van der Waals surface area contributed by atoms with Gasteiger partial charge in [0.25, 0.3) is 0 Å². The molecule has 1 aromatic rings. The molecule has 1 heterocycles.